The van der Waals surface area contributed by atoms with Crippen molar-refractivity contribution < 1.29 is 0 Å². The third-order valence-corrected chi connectivity index (χ3v) is 2.46. The van der Waals surface area contributed by atoms with Crippen molar-refractivity contribution >= 4 is 21.8 Å². The number of H-pyrrole nitrogens is 2. The Balaban J connectivity index is 2.71. The molecular weight excluding hydrogens is 176 g/mol. The van der Waals surface area contributed by atoms with Gasteiger partial charge in [-0.1, -0.05) is 6.07 Å². The Morgan fingerprint density at radius 2 is 1.64 bits per heavy atom. The Labute approximate surface area is 79.4 Å². The monoisotopic (exact) mass is 184 g/mol. The summed E-state index contributed by atoms with van der Waals surface area (Å²) >= 11 is 0. The first-order chi connectivity index (χ1) is 6.86. The van der Waals surface area contributed by atoms with Crippen molar-refractivity contribution in [2.45, 2.75) is 0 Å². The maximum absolute atomic E-state index is 11.5. The van der Waals surface area contributed by atoms with Crippen molar-refractivity contribution in [1.82, 2.24) is 9.97 Å². The molecule has 3 aromatic rings. The van der Waals surface area contributed by atoms with Crippen molar-refractivity contribution in [3.63, 3.8) is 0 Å². The summed E-state index contributed by atoms with van der Waals surface area (Å²) < 4.78 is 0. The number of pyridine rings is 1. The lowest BCUT2D eigenvalue weighted by Crippen LogP contribution is -1.99. The summed E-state index contributed by atoms with van der Waals surface area (Å²) in [7, 11) is 0. The zero-order valence-electron chi connectivity index (χ0n) is 7.37. The number of rotatable bonds is 0. The smallest absolute Gasteiger partial charge is 0.189 e. The molecule has 2 N–H and O–H groups in total. The molecule has 3 rings (SSSR count). The summed E-state index contributed by atoms with van der Waals surface area (Å²) in [5, 5.41) is 1.84. The second-order valence-corrected chi connectivity index (χ2v) is 3.27. The Morgan fingerprint density at radius 3 is 2.57 bits per heavy atom. The molecule has 2 heterocycles. The first-order valence-electron chi connectivity index (χ1n) is 4.44. The minimum absolute atomic E-state index is 0.0512. The third-order valence-electron chi connectivity index (χ3n) is 2.46. The highest BCUT2D eigenvalue weighted by Gasteiger charge is 2.02. The van der Waals surface area contributed by atoms with E-state index in [4.69, 9.17) is 0 Å². The molecule has 3 nitrogen and oxygen atoms in total. The highest BCUT2D eigenvalue weighted by atomic mass is 16.1. The van der Waals surface area contributed by atoms with Gasteiger partial charge in [0.05, 0.1) is 11.0 Å². The van der Waals surface area contributed by atoms with Crippen LogP contribution in [0.1, 0.15) is 0 Å². The average molecular weight is 184 g/mol. The molecule has 0 bridgehead atoms. The fourth-order valence-electron chi connectivity index (χ4n) is 1.77. The molecule has 0 atom stereocenters. The van der Waals surface area contributed by atoms with Crippen LogP contribution < -0.4 is 5.43 Å². The number of fused-ring (bicyclic) bond motifs is 3. The molecule has 0 radical (unpaired) electrons. The van der Waals surface area contributed by atoms with Crippen LogP contribution in [0.5, 0.6) is 0 Å². The van der Waals surface area contributed by atoms with E-state index in [1.165, 1.54) is 6.07 Å². The highest BCUT2D eigenvalue weighted by molar-refractivity contribution is 6.02. The Hall–Kier alpha value is -2.03. The van der Waals surface area contributed by atoms with Gasteiger partial charge in [0, 0.05) is 29.2 Å². The van der Waals surface area contributed by atoms with Crippen LogP contribution in [-0.4, -0.2) is 9.97 Å². The van der Waals surface area contributed by atoms with Crippen molar-refractivity contribution in [1.29, 1.82) is 0 Å². The number of aromatic nitrogens is 2. The predicted molar refractivity (Wildman–Crippen MR) is 56.4 cm³/mol. The molecule has 0 aliphatic carbocycles. The zero-order valence-corrected chi connectivity index (χ0v) is 7.37. The topological polar surface area (TPSA) is 48.6 Å². The molecule has 0 aliphatic rings. The van der Waals surface area contributed by atoms with Crippen LogP contribution in [0.3, 0.4) is 0 Å². The maximum Gasteiger partial charge on any atom is 0.189 e. The van der Waals surface area contributed by atoms with Gasteiger partial charge in [-0.25, -0.2) is 0 Å². The predicted octanol–water partition coefficient (Wildman–Crippen LogP) is 2.01. The van der Waals surface area contributed by atoms with E-state index < -0.39 is 0 Å². The van der Waals surface area contributed by atoms with Crippen molar-refractivity contribution in [3.05, 3.63) is 46.9 Å². The lowest BCUT2D eigenvalue weighted by molar-refractivity contribution is 1.38. The van der Waals surface area contributed by atoms with Crippen molar-refractivity contribution in [3.8, 4) is 0 Å². The molecule has 2 aromatic heterocycles. The maximum atomic E-state index is 11.5. The minimum Gasteiger partial charge on any atom is -0.359 e. The van der Waals surface area contributed by atoms with E-state index in [1.54, 1.807) is 6.20 Å². The molecule has 0 amide bonds. The summed E-state index contributed by atoms with van der Waals surface area (Å²) in [5.41, 5.74) is 1.91. The number of aromatic amines is 2. The number of benzene rings is 1. The average Bonchev–Trinajstić information content (AvgIpc) is 2.66. The molecule has 0 fully saturated rings. The first kappa shape index (κ1) is 7.38. The summed E-state index contributed by atoms with van der Waals surface area (Å²) in [4.78, 5) is 17.7. The molecule has 0 saturated carbocycles. The first-order valence-corrected chi connectivity index (χ1v) is 4.44. The van der Waals surface area contributed by atoms with Crippen LogP contribution in [0.4, 0.5) is 0 Å². The molecule has 3 heteroatoms. The summed E-state index contributed by atoms with van der Waals surface area (Å²) in [6, 6.07) is 7.32. The summed E-state index contributed by atoms with van der Waals surface area (Å²) in [5.74, 6) is 0. The minimum atomic E-state index is 0.0512. The molecular formula is C11H8N2O. The molecule has 0 saturated heterocycles. The van der Waals surface area contributed by atoms with E-state index >= 15 is 0 Å². The standard InChI is InChI=1S/C11H8N2O/c14-9-4-6-13-11-8(9)2-1-7-3-5-12-10(7)11/h1-6,12H,(H,13,14). The zero-order chi connectivity index (χ0) is 9.54. The summed E-state index contributed by atoms with van der Waals surface area (Å²) in [6.45, 7) is 0. The van der Waals surface area contributed by atoms with E-state index in [1.807, 2.05) is 24.4 Å². The number of hydrogen-bond donors (Lipinski definition) is 2. The van der Waals surface area contributed by atoms with E-state index in [-0.39, 0.29) is 5.43 Å². The Bertz CT molecular complexity index is 663. The van der Waals surface area contributed by atoms with Crippen LogP contribution >= 0.6 is 0 Å². The van der Waals surface area contributed by atoms with E-state index in [0.717, 1.165) is 21.8 Å². The fourth-order valence-corrected chi connectivity index (χ4v) is 1.77. The highest BCUT2D eigenvalue weighted by Crippen LogP contribution is 2.19. The van der Waals surface area contributed by atoms with Gasteiger partial charge in [0.2, 0.25) is 0 Å². The second-order valence-electron chi connectivity index (χ2n) is 3.27. The van der Waals surface area contributed by atoms with Gasteiger partial charge in [0.1, 0.15) is 0 Å². The third kappa shape index (κ3) is 0.836. The fraction of sp³-hybridized carbons (Fsp3) is 0. The van der Waals surface area contributed by atoms with E-state index in [0.29, 0.717) is 0 Å². The van der Waals surface area contributed by atoms with Gasteiger partial charge < -0.3 is 9.97 Å². The molecule has 68 valence electrons. The lowest BCUT2D eigenvalue weighted by Gasteiger charge is -1.97. The summed E-state index contributed by atoms with van der Waals surface area (Å²) in [6.07, 6.45) is 3.54. The van der Waals surface area contributed by atoms with Crippen molar-refractivity contribution in [2.24, 2.45) is 0 Å². The lowest BCUT2D eigenvalue weighted by atomic mass is 10.1. The molecule has 0 unspecified atom stereocenters. The van der Waals surface area contributed by atoms with Crippen LogP contribution in [0, 0.1) is 0 Å². The van der Waals surface area contributed by atoms with E-state index in [9.17, 15) is 4.79 Å². The van der Waals surface area contributed by atoms with Gasteiger partial charge in [-0.15, -0.1) is 0 Å². The Kier molecular flexibility index (Phi) is 1.31. The van der Waals surface area contributed by atoms with Crippen LogP contribution in [0.15, 0.2) is 41.5 Å². The SMILES string of the molecule is O=c1cc[nH]c2c1ccc1cc[nH]c12. The molecule has 0 aliphatic heterocycles. The number of hydrogen-bond acceptors (Lipinski definition) is 1. The van der Waals surface area contributed by atoms with E-state index in [2.05, 4.69) is 9.97 Å². The quantitative estimate of drug-likeness (QED) is 0.551. The van der Waals surface area contributed by atoms with Crippen LogP contribution in [-0.2, 0) is 0 Å². The van der Waals surface area contributed by atoms with Gasteiger partial charge >= 0.3 is 0 Å². The Morgan fingerprint density at radius 1 is 0.857 bits per heavy atom. The van der Waals surface area contributed by atoms with Crippen LogP contribution in [0.25, 0.3) is 21.8 Å². The normalized spacial score (nSPS) is 11.1. The van der Waals surface area contributed by atoms with Crippen LogP contribution in [0.2, 0.25) is 0 Å². The molecule has 1 aromatic carbocycles. The number of nitrogens with one attached hydrogen (secondary N) is 2. The van der Waals surface area contributed by atoms with Gasteiger partial charge in [0.15, 0.2) is 5.43 Å². The van der Waals surface area contributed by atoms with Gasteiger partial charge in [-0.05, 0) is 12.1 Å². The largest absolute Gasteiger partial charge is 0.359 e. The van der Waals surface area contributed by atoms with Crippen molar-refractivity contribution in [2.75, 3.05) is 0 Å². The molecule has 0 spiro atoms. The second kappa shape index (κ2) is 2.48. The van der Waals surface area contributed by atoms with Gasteiger partial charge in [-0.2, -0.15) is 0 Å². The van der Waals surface area contributed by atoms with Gasteiger partial charge in [0.25, 0.3) is 0 Å². The molecule has 14 heavy (non-hydrogen) atoms. The van der Waals surface area contributed by atoms with Gasteiger partial charge in [-0.3, -0.25) is 4.79 Å².